The number of hydrogen-bond donors (Lipinski definition) is 0. The maximum absolute atomic E-state index is 12.7. The molecule has 0 aliphatic carbocycles. The lowest BCUT2D eigenvalue weighted by atomic mass is 10.1. The number of nitrogens with zero attached hydrogens (tertiary/aromatic N) is 5. The highest BCUT2D eigenvalue weighted by atomic mass is 16.6. The molecule has 3 heterocycles. The first-order valence-corrected chi connectivity index (χ1v) is 8.80. The van der Waals surface area contributed by atoms with Gasteiger partial charge in [-0.3, -0.25) is 4.68 Å². The predicted octanol–water partition coefficient (Wildman–Crippen LogP) is 3.30. The molecule has 0 unspecified atom stereocenters. The summed E-state index contributed by atoms with van der Waals surface area (Å²) in [5.74, 6) is 0.201. The third kappa shape index (κ3) is 3.24. The molecule has 3 aromatic heterocycles. The summed E-state index contributed by atoms with van der Waals surface area (Å²) in [5.41, 5.74) is 4.48. The summed E-state index contributed by atoms with van der Waals surface area (Å²) in [4.78, 5) is 21.4. The molecule has 0 spiro atoms. The Morgan fingerprint density at radius 2 is 1.89 bits per heavy atom. The third-order valence-electron chi connectivity index (χ3n) is 4.42. The van der Waals surface area contributed by atoms with E-state index in [2.05, 4.69) is 20.2 Å². The molecule has 0 saturated carbocycles. The van der Waals surface area contributed by atoms with E-state index in [9.17, 15) is 4.79 Å². The van der Waals surface area contributed by atoms with Crippen molar-refractivity contribution in [2.24, 2.45) is 7.05 Å². The van der Waals surface area contributed by atoms with E-state index in [1.165, 1.54) is 0 Å². The van der Waals surface area contributed by atoms with E-state index in [1.54, 1.807) is 17.8 Å². The molecule has 8 nitrogen and oxygen atoms in total. The second-order valence-electron chi connectivity index (χ2n) is 6.67. The number of carbonyl (C=O) groups excluding carboxylic acids is 1. The zero-order chi connectivity index (χ0) is 19.8. The Morgan fingerprint density at radius 3 is 2.64 bits per heavy atom. The van der Waals surface area contributed by atoms with Crippen LogP contribution in [-0.2, 0) is 18.4 Å². The first-order valence-electron chi connectivity index (χ1n) is 8.80. The van der Waals surface area contributed by atoms with E-state index in [0.29, 0.717) is 28.1 Å². The van der Waals surface area contributed by atoms with Crippen molar-refractivity contribution in [1.29, 1.82) is 0 Å². The smallest absolute Gasteiger partial charge is 0.339 e. The number of ether oxygens (including phenoxy) is 1. The lowest BCUT2D eigenvalue weighted by Crippen LogP contribution is -2.08. The van der Waals surface area contributed by atoms with Gasteiger partial charge in [0.15, 0.2) is 12.3 Å². The topological polar surface area (TPSA) is 95.9 Å². The van der Waals surface area contributed by atoms with Gasteiger partial charge in [-0.1, -0.05) is 35.0 Å². The maximum Gasteiger partial charge on any atom is 0.339 e. The Hall–Kier alpha value is -3.55. The highest BCUT2D eigenvalue weighted by Gasteiger charge is 2.20. The summed E-state index contributed by atoms with van der Waals surface area (Å²) >= 11 is 0. The molecule has 8 heteroatoms. The van der Waals surface area contributed by atoms with Crippen LogP contribution in [0.25, 0.3) is 22.4 Å². The van der Waals surface area contributed by atoms with Crippen LogP contribution in [0.5, 0.6) is 0 Å². The molecule has 4 aromatic rings. The van der Waals surface area contributed by atoms with E-state index in [-0.39, 0.29) is 12.5 Å². The number of esters is 1. The molecule has 0 saturated heterocycles. The van der Waals surface area contributed by atoms with Gasteiger partial charge >= 0.3 is 5.97 Å². The van der Waals surface area contributed by atoms with Crippen LogP contribution in [0.3, 0.4) is 0 Å². The number of rotatable bonds is 4. The number of fused-ring (bicyclic) bond motifs is 1. The fraction of sp³-hybridized carbons (Fsp3) is 0.250. The predicted molar refractivity (Wildman–Crippen MR) is 102 cm³/mol. The molecule has 0 N–H and O–H groups in total. The van der Waals surface area contributed by atoms with Crippen molar-refractivity contribution in [2.45, 2.75) is 27.4 Å². The van der Waals surface area contributed by atoms with Crippen LogP contribution < -0.4 is 0 Å². The second kappa shape index (κ2) is 6.88. The van der Waals surface area contributed by atoms with Gasteiger partial charge in [-0.05, 0) is 26.8 Å². The zero-order valence-corrected chi connectivity index (χ0v) is 16.1. The molecular weight excluding hydrogens is 358 g/mol. The summed E-state index contributed by atoms with van der Waals surface area (Å²) < 4.78 is 12.3. The van der Waals surface area contributed by atoms with Crippen LogP contribution in [0.15, 0.2) is 34.9 Å². The molecule has 0 amide bonds. The number of pyridine rings is 1. The molecule has 0 aliphatic heterocycles. The number of aromatic nitrogens is 5. The standard InChI is InChI=1S/C20H19N5O3/c1-11-5-7-14(8-6-11)18-22-16(28-24-18)10-27-20(26)15-9-12(2)21-19-17(15)13(3)23-25(19)4/h5-9H,10H2,1-4H3. The Labute approximate surface area is 161 Å². The molecule has 142 valence electrons. The molecule has 0 radical (unpaired) electrons. The van der Waals surface area contributed by atoms with E-state index >= 15 is 0 Å². The largest absolute Gasteiger partial charge is 0.452 e. The Bertz CT molecular complexity index is 1170. The minimum atomic E-state index is -0.485. The number of aryl methyl sites for hydroxylation is 4. The van der Waals surface area contributed by atoms with Crippen LogP contribution in [0, 0.1) is 20.8 Å². The number of hydrogen-bond acceptors (Lipinski definition) is 7. The fourth-order valence-electron chi connectivity index (χ4n) is 3.07. The van der Waals surface area contributed by atoms with Gasteiger partial charge in [-0.25, -0.2) is 9.78 Å². The van der Waals surface area contributed by atoms with Crippen LogP contribution >= 0.6 is 0 Å². The van der Waals surface area contributed by atoms with Gasteiger partial charge in [0.25, 0.3) is 5.89 Å². The number of benzene rings is 1. The lowest BCUT2D eigenvalue weighted by Gasteiger charge is -2.05. The minimum absolute atomic E-state index is 0.111. The van der Waals surface area contributed by atoms with Gasteiger partial charge in [0, 0.05) is 18.3 Å². The highest BCUT2D eigenvalue weighted by Crippen LogP contribution is 2.23. The highest BCUT2D eigenvalue weighted by molar-refractivity contribution is 6.03. The normalized spacial score (nSPS) is 11.1. The van der Waals surface area contributed by atoms with Crippen molar-refractivity contribution in [3.05, 3.63) is 58.7 Å². The van der Waals surface area contributed by atoms with Gasteiger partial charge < -0.3 is 9.26 Å². The van der Waals surface area contributed by atoms with Gasteiger partial charge in [0.05, 0.1) is 16.6 Å². The van der Waals surface area contributed by atoms with E-state index in [1.807, 2.05) is 45.0 Å². The van der Waals surface area contributed by atoms with Gasteiger partial charge in [0.1, 0.15) is 0 Å². The van der Waals surface area contributed by atoms with Gasteiger partial charge in [-0.2, -0.15) is 10.1 Å². The monoisotopic (exact) mass is 377 g/mol. The van der Waals surface area contributed by atoms with E-state index in [4.69, 9.17) is 9.26 Å². The van der Waals surface area contributed by atoms with Crippen molar-refractivity contribution in [1.82, 2.24) is 24.9 Å². The van der Waals surface area contributed by atoms with Gasteiger partial charge in [0.2, 0.25) is 5.82 Å². The van der Waals surface area contributed by atoms with Crippen molar-refractivity contribution >= 4 is 17.0 Å². The molecule has 0 atom stereocenters. The third-order valence-corrected chi connectivity index (χ3v) is 4.42. The van der Waals surface area contributed by atoms with Crippen LogP contribution in [0.4, 0.5) is 0 Å². The lowest BCUT2D eigenvalue weighted by molar-refractivity contribution is 0.0432. The van der Waals surface area contributed by atoms with Crippen molar-refractivity contribution in [3.63, 3.8) is 0 Å². The van der Waals surface area contributed by atoms with Crippen molar-refractivity contribution < 1.29 is 14.1 Å². The average Bonchev–Trinajstić information content (AvgIpc) is 3.25. The van der Waals surface area contributed by atoms with Crippen LogP contribution in [0.2, 0.25) is 0 Å². The molecule has 0 fully saturated rings. The van der Waals surface area contributed by atoms with E-state index < -0.39 is 5.97 Å². The Kier molecular flexibility index (Phi) is 4.38. The molecule has 0 bridgehead atoms. The first-order chi connectivity index (χ1) is 13.4. The zero-order valence-electron chi connectivity index (χ0n) is 16.1. The Balaban J connectivity index is 1.54. The van der Waals surface area contributed by atoms with Crippen LogP contribution in [-0.4, -0.2) is 30.9 Å². The van der Waals surface area contributed by atoms with Crippen LogP contribution in [0.1, 0.15) is 33.2 Å². The SMILES string of the molecule is Cc1ccc(-c2noc(COC(=O)c3cc(C)nc4c3c(C)nn4C)n2)cc1. The van der Waals surface area contributed by atoms with E-state index in [0.717, 1.165) is 16.8 Å². The summed E-state index contributed by atoms with van der Waals surface area (Å²) in [6, 6.07) is 9.47. The summed E-state index contributed by atoms with van der Waals surface area (Å²) in [5, 5.41) is 8.97. The molecule has 0 aliphatic rings. The fourth-order valence-corrected chi connectivity index (χ4v) is 3.07. The molecule has 28 heavy (non-hydrogen) atoms. The van der Waals surface area contributed by atoms with Crippen molar-refractivity contribution in [3.8, 4) is 11.4 Å². The second-order valence-corrected chi connectivity index (χ2v) is 6.67. The number of carbonyl (C=O) groups is 1. The van der Waals surface area contributed by atoms with Gasteiger partial charge in [-0.15, -0.1) is 0 Å². The molecule has 1 aromatic carbocycles. The quantitative estimate of drug-likeness (QED) is 0.503. The first kappa shape index (κ1) is 17.8. The maximum atomic E-state index is 12.7. The average molecular weight is 377 g/mol. The minimum Gasteiger partial charge on any atom is -0.452 e. The summed E-state index contributed by atoms with van der Waals surface area (Å²) in [6.07, 6.45) is 0. The summed E-state index contributed by atoms with van der Waals surface area (Å²) in [7, 11) is 1.79. The van der Waals surface area contributed by atoms with Crippen molar-refractivity contribution in [2.75, 3.05) is 0 Å². The Morgan fingerprint density at radius 1 is 1.14 bits per heavy atom. The summed E-state index contributed by atoms with van der Waals surface area (Å²) in [6.45, 7) is 5.55. The molecule has 4 rings (SSSR count). The molecular formula is C20H19N5O3.